The van der Waals surface area contributed by atoms with Gasteiger partial charge in [-0.05, 0) is 69.5 Å². The number of aromatic nitrogens is 1. The molecule has 1 aromatic heterocycles. The molecule has 0 spiro atoms. The molecule has 2 aromatic carbocycles. The third-order valence-electron chi connectivity index (χ3n) is 5.54. The first-order chi connectivity index (χ1) is 14.7. The molecular formula is C22H25N3O4S2. The summed E-state index contributed by atoms with van der Waals surface area (Å²) in [6, 6.07) is 10.1. The number of benzene rings is 2. The molecule has 4 rings (SSSR count). The number of hydrogen-bond acceptors (Lipinski definition) is 5. The highest BCUT2D eigenvalue weighted by atomic mass is 32.2. The summed E-state index contributed by atoms with van der Waals surface area (Å²) in [5, 5.41) is 2.85. The average Bonchev–Trinajstić information content (AvgIpc) is 3.35. The zero-order chi connectivity index (χ0) is 22.3. The van der Waals surface area contributed by atoms with Gasteiger partial charge in [0.2, 0.25) is 10.0 Å². The number of nitrogens with one attached hydrogen (secondary N) is 1. The minimum atomic E-state index is -3.61. The Hall–Kier alpha value is -2.49. The Morgan fingerprint density at radius 2 is 1.81 bits per heavy atom. The van der Waals surface area contributed by atoms with Crippen LogP contribution in [0.3, 0.4) is 0 Å². The number of nitrogens with zero attached hydrogens (tertiary/aromatic N) is 2. The number of amides is 1. The van der Waals surface area contributed by atoms with E-state index < -0.39 is 10.0 Å². The fourth-order valence-corrected chi connectivity index (χ4v) is 6.48. The summed E-state index contributed by atoms with van der Waals surface area (Å²) < 4.78 is 29.7. The molecule has 0 aliphatic carbocycles. The predicted molar refractivity (Wildman–Crippen MR) is 124 cm³/mol. The van der Waals surface area contributed by atoms with E-state index in [1.165, 1.54) is 10.4 Å². The molecule has 1 fully saturated rings. The molecule has 1 amide bonds. The fourth-order valence-electron chi connectivity index (χ4n) is 3.89. The van der Waals surface area contributed by atoms with E-state index in [1.807, 2.05) is 19.9 Å². The lowest BCUT2D eigenvalue weighted by Gasteiger charge is -2.17. The van der Waals surface area contributed by atoms with Crippen molar-refractivity contribution in [3.8, 4) is 0 Å². The molecule has 164 valence electrons. The van der Waals surface area contributed by atoms with Crippen LogP contribution in [0.1, 0.15) is 48.7 Å². The normalized spacial score (nSPS) is 15.1. The summed E-state index contributed by atoms with van der Waals surface area (Å²) in [5.74, 6) is -0.383. The fraction of sp³-hybridized carbons (Fsp3) is 0.364. The van der Waals surface area contributed by atoms with Gasteiger partial charge in [-0.2, -0.15) is 4.31 Å². The van der Waals surface area contributed by atoms with Crippen LogP contribution >= 0.6 is 11.3 Å². The standard InChI is InChI=1S/C22H25N3O4S2/c1-14(2)25-19-9-7-16(12-20(19)30-22(25)27)23-21(26)18-13-17(8-6-15(18)3)31(28,29)24-10-4-5-11-24/h6-9,12-14H,4-5,10-11H2,1-3H3,(H,23,26). The molecule has 0 unspecified atom stereocenters. The van der Waals surface area contributed by atoms with E-state index in [-0.39, 0.29) is 21.7 Å². The number of anilines is 1. The van der Waals surface area contributed by atoms with Crippen LogP contribution in [-0.4, -0.2) is 36.3 Å². The first kappa shape index (κ1) is 21.7. The number of sulfonamides is 1. The summed E-state index contributed by atoms with van der Waals surface area (Å²) in [6.45, 7) is 6.70. The van der Waals surface area contributed by atoms with Crippen molar-refractivity contribution < 1.29 is 13.2 Å². The Bertz CT molecular complexity index is 1320. The molecule has 0 saturated carbocycles. The van der Waals surface area contributed by atoms with Crippen molar-refractivity contribution in [2.45, 2.75) is 44.6 Å². The smallest absolute Gasteiger partial charge is 0.308 e. The van der Waals surface area contributed by atoms with Gasteiger partial charge < -0.3 is 5.32 Å². The van der Waals surface area contributed by atoms with E-state index >= 15 is 0 Å². The highest BCUT2D eigenvalue weighted by Gasteiger charge is 2.28. The molecule has 3 aromatic rings. The lowest BCUT2D eigenvalue weighted by atomic mass is 10.1. The molecule has 7 nitrogen and oxygen atoms in total. The molecule has 1 aliphatic heterocycles. The highest BCUT2D eigenvalue weighted by Crippen LogP contribution is 2.26. The van der Waals surface area contributed by atoms with E-state index in [9.17, 15) is 18.0 Å². The van der Waals surface area contributed by atoms with Crippen molar-refractivity contribution in [2.75, 3.05) is 18.4 Å². The summed E-state index contributed by atoms with van der Waals surface area (Å²) in [4.78, 5) is 25.3. The van der Waals surface area contributed by atoms with Crippen molar-refractivity contribution in [3.05, 3.63) is 57.2 Å². The first-order valence-corrected chi connectivity index (χ1v) is 12.5. The quantitative estimate of drug-likeness (QED) is 0.625. The number of rotatable bonds is 5. The Morgan fingerprint density at radius 3 is 2.48 bits per heavy atom. The van der Waals surface area contributed by atoms with E-state index in [0.29, 0.717) is 29.9 Å². The van der Waals surface area contributed by atoms with Gasteiger partial charge in [0.15, 0.2) is 0 Å². The highest BCUT2D eigenvalue weighted by molar-refractivity contribution is 7.89. The zero-order valence-corrected chi connectivity index (χ0v) is 19.3. The SMILES string of the molecule is Cc1ccc(S(=O)(=O)N2CCCC2)cc1C(=O)Nc1ccc2c(c1)sc(=O)n2C(C)C. The molecule has 1 saturated heterocycles. The van der Waals surface area contributed by atoms with Gasteiger partial charge in [-0.15, -0.1) is 0 Å². The van der Waals surface area contributed by atoms with Crippen LogP contribution in [0.4, 0.5) is 5.69 Å². The van der Waals surface area contributed by atoms with Crippen LogP contribution in [0.2, 0.25) is 0 Å². The Morgan fingerprint density at radius 1 is 1.10 bits per heavy atom. The van der Waals surface area contributed by atoms with Gasteiger partial charge in [-0.25, -0.2) is 8.42 Å². The molecule has 0 bridgehead atoms. The summed E-state index contributed by atoms with van der Waals surface area (Å²) in [7, 11) is -3.61. The van der Waals surface area contributed by atoms with E-state index in [1.54, 1.807) is 35.8 Å². The second-order valence-electron chi connectivity index (χ2n) is 8.06. The lowest BCUT2D eigenvalue weighted by Crippen LogP contribution is -2.28. The molecule has 31 heavy (non-hydrogen) atoms. The maximum atomic E-state index is 13.0. The third-order valence-corrected chi connectivity index (χ3v) is 8.36. The number of thiazole rings is 1. The molecule has 0 atom stereocenters. The van der Waals surface area contributed by atoms with Crippen LogP contribution in [0.5, 0.6) is 0 Å². The maximum Gasteiger partial charge on any atom is 0.308 e. The number of carbonyl (C=O) groups is 1. The summed E-state index contributed by atoms with van der Waals surface area (Å²) >= 11 is 1.14. The number of carbonyl (C=O) groups excluding carboxylic acids is 1. The largest absolute Gasteiger partial charge is 0.322 e. The van der Waals surface area contributed by atoms with Crippen molar-refractivity contribution in [2.24, 2.45) is 0 Å². The molecule has 1 N–H and O–H groups in total. The minimum Gasteiger partial charge on any atom is -0.322 e. The topological polar surface area (TPSA) is 88.5 Å². The van der Waals surface area contributed by atoms with Gasteiger partial charge in [0, 0.05) is 30.4 Å². The second kappa shape index (κ2) is 8.22. The van der Waals surface area contributed by atoms with Crippen LogP contribution in [0.15, 0.2) is 46.1 Å². The van der Waals surface area contributed by atoms with Crippen LogP contribution in [-0.2, 0) is 10.0 Å². The monoisotopic (exact) mass is 459 g/mol. The van der Waals surface area contributed by atoms with Gasteiger partial charge in [-0.3, -0.25) is 14.2 Å². The molecule has 2 heterocycles. The average molecular weight is 460 g/mol. The van der Waals surface area contributed by atoms with Gasteiger partial charge >= 0.3 is 4.87 Å². The number of aryl methyl sites for hydroxylation is 1. The predicted octanol–water partition coefficient (Wildman–Crippen LogP) is 3.99. The number of hydrogen-bond donors (Lipinski definition) is 1. The summed E-state index contributed by atoms with van der Waals surface area (Å²) in [5.41, 5.74) is 2.39. The molecule has 1 aliphatic rings. The van der Waals surface area contributed by atoms with Crippen LogP contribution < -0.4 is 10.2 Å². The van der Waals surface area contributed by atoms with Gasteiger partial charge in [0.1, 0.15) is 0 Å². The Balaban J connectivity index is 1.63. The van der Waals surface area contributed by atoms with Gasteiger partial charge in [0.05, 0.1) is 15.1 Å². The van der Waals surface area contributed by atoms with E-state index in [4.69, 9.17) is 0 Å². The molecule has 9 heteroatoms. The van der Waals surface area contributed by atoms with Crippen molar-refractivity contribution >= 4 is 43.2 Å². The van der Waals surface area contributed by atoms with E-state index in [0.717, 1.165) is 34.4 Å². The lowest BCUT2D eigenvalue weighted by molar-refractivity contribution is 0.102. The first-order valence-electron chi connectivity index (χ1n) is 10.3. The van der Waals surface area contributed by atoms with E-state index in [2.05, 4.69) is 5.32 Å². The third kappa shape index (κ3) is 4.05. The zero-order valence-electron chi connectivity index (χ0n) is 17.7. The van der Waals surface area contributed by atoms with Crippen LogP contribution in [0.25, 0.3) is 10.2 Å². The maximum absolute atomic E-state index is 13.0. The second-order valence-corrected chi connectivity index (χ2v) is 11.0. The Labute approximate surface area is 185 Å². The Kier molecular flexibility index (Phi) is 5.76. The molecule has 0 radical (unpaired) electrons. The molecular weight excluding hydrogens is 434 g/mol. The summed E-state index contributed by atoms with van der Waals surface area (Å²) in [6.07, 6.45) is 1.71. The van der Waals surface area contributed by atoms with Crippen molar-refractivity contribution in [1.82, 2.24) is 8.87 Å². The van der Waals surface area contributed by atoms with Crippen molar-refractivity contribution in [3.63, 3.8) is 0 Å². The minimum absolute atomic E-state index is 0.0378. The van der Waals surface area contributed by atoms with Crippen molar-refractivity contribution in [1.29, 1.82) is 0 Å². The number of fused-ring (bicyclic) bond motifs is 1. The van der Waals surface area contributed by atoms with Gasteiger partial charge in [-0.1, -0.05) is 17.4 Å². The van der Waals surface area contributed by atoms with Crippen LogP contribution in [0, 0.1) is 6.92 Å². The van der Waals surface area contributed by atoms with Gasteiger partial charge in [0.25, 0.3) is 5.91 Å².